The zero-order chi connectivity index (χ0) is 26.6. The third-order valence-corrected chi connectivity index (χ3v) is 5.78. The highest BCUT2D eigenvalue weighted by Crippen LogP contribution is 2.25. The van der Waals surface area contributed by atoms with Crippen molar-refractivity contribution in [3.05, 3.63) is 114 Å². The molecule has 2 aromatic heterocycles. The molecule has 0 radical (unpaired) electrons. The van der Waals surface area contributed by atoms with Gasteiger partial charge in [0.2, 0.25) is 5.88 Å². The Bertz CT molecular complexity index is 1600. The molecule has 0 saturated carbocycles. The Morgan fingerprint density at radius 3 is 2.26 bits per heavy atom. The fourth-order valence-electron chi connectivity index (χ4n) is 3.70. The van der Waals surface area contributed by atoms with Crippen LogP contribution in [0, 0.1) is 26.6 Å². The Kier molecular flexibility index (Phi) is 6.82. The van der Waals surface area contributed by atoms with Crippen molar-refractivity contribution in [3.63, 3.8) is 0 Å². The van der Waals surface area contributed by atoms with Crippen LogP contribution in [0.15, 0.2) is 85.2 Å². The van der Waals surface area contributed by atoms with Crippen molar-refractivity contribution >= 4 is 11.6 Å². The number of halogens is 1. The minimum Gasteiger partial charge on any atom is -0.457 e. The molecule has 0 aliphatic rings. The molecule has 1 N–H and O–H groups in total. The largest absolute Gasteiger partial charge is 0.457 e. The number of imidazole rings is 1. The van der Waals surface area contributed by atoms with Crippen molar-refractivity contribution in [2.75, 3.05) is 5.32 Å². The lowest BCUT2D eigenvalue weighted by Crippen LogP contribution is -2.11. The number of amides is 1. The molecule has 3 aromatic carbocycles. The zero-order valence-corrected chi connectivity index (χ0v) is 21.0. The number of rotatable bonds is 7. The second-order valence-electron chi connectivity index (χ2n) is 8.56. The third kappa shape index (κ3) is 5.67. The highest BCUT2D eigenvalue weighted by Gasteiger charge is 2.11. The number of nitrogens with one attached hydrogen (secondary N) is 1. The van der Waals surface area contributed by atoms with Crippen LogP contribution in [0.5, 0.6) is 23.1 Å². The average molecular weight is 510 g/mol. The van der Waals surface area contributed by atoms with E-state index in [0.29, 0.717) is 46.0 Å². The number of ether oxygens (including phenoxy) is 2. The molecule has 0 saturated heterocycles. The van der Waals surface area contributed by atoms with Crippen LogP contribution in [-0.4, -0.2) is 25.4 Å². The molecule has 0 atom stereocenters. The van der Waals surface area contributed by atoms with Crippen molar-refractivity contribution in [2.24, 2.45) is 0 Å². The van der Waals surface area contributed by atoms with Crippen LogP contribution in [-0.2, 0) is 0 Å². The highest BCUT2D eigenvalue weighted by atomic mass is 19.1. The summed E-state index contributed by atoms with van der Waals surface area (Å²) in [6.45, 7) is 5.71. The van der Waals surface area contributed by atoms with Gasteiger partial charge >= 0.3 is 0 Å². The highest BCUT2D eigenvalue weighted by molar-refractivity contribution is 6.04. The number of carbonyl (C=O) groups is 1. The Labute approximate surface area is 218 Å². The summed E-state index contributed by atoms with van der Waals surface area (Å²) in [6, 6.07) is 21.1. The standard InChI is InChI=1S/C29H24FN5O3/c1-18-19(2)35(17-31-18)27-16-28(33-20(3)32-27)38-25-13-9-23(10-14-25)34-29(36)21-5-4-6-26(15-21)37-24-11-7-22(30)8-12-24/h4-17H,1-3H3,(H,34,36). The van der Waals surface area contributed by atoms with E-state index in [9.17, 15) is 9.18 Å². The van der Waals surface area contributed by atoms with Gasteiger partial charge in [-0.2, -0.15) is 4.98 Å². The zero-order valence-electron chi connectivity index (χ0n) is 21.0. The number of aryl methyl sites for hydroxylation is 2. The van der Waals surface area contributed by atoms with E-state index in [2.05, 4.69) is 20.3 Å². The first-order valence-electron chi connectivity index (χ1n) is 11.8. The first-order valence-corrected chi connectivity index (χ1v) is 11.8. The fourth-order valence-corrected chi connectivity index (χ4v) is 3.70. The number of nitrogens with zero attached hydrogens (tertiary/aromatic N) is 4. The van der Waals surface area contributed by atoms with Crippen LogP contribution in [0.3, 0.4) is 0 Å². The molecule has 0 unspecified atom stereocenters. The van der Waals surface area contributed by atoms with Crippen LogP contribution in [0.4, 0.5) is 10.1 Å². The average Bonchev–Trinajstić information content (AvgIpc) is 3.24. The van der Waals surface area contributed by atoms with Crippen LogP contribution in [0.2, 0.25) is 0 Å². The monoisotopic (exact) mass is 509 g/mol. The molecule has 2 heterocycles. The molecule has 0 bridgehead atoms. The second kappa shape index (κ2) is 10.5. The third-order valence-electron chi connectivity index (χ3n) is 5.78. The SMILES string of the molecule is Cc1nc(Oc2ccc(NC(=O)c3cccc(Oc4ccc(F)cc4)c3)cc2)cc(-n2cnc(C)c2C)n1. The minimum atomic E-state index is -0.349. The molecule has 0 aliphatic carbocycles. The Morgan fingerprint density at radius 2 is 1.55 bits per heavy atom. The van der Waals surface area contributed by atoms with E-state index in [-0.39, 0.29) is 11.7 Å². The van der Waals surface area contributed by atoms with Crippen molar-refractivity contribution in [1.29, 1.82) is 0 Å². The quantitative estimate of drug-likeness (QED) is 0.267. The Hall–Kier alpha value is -5.05. The maximum Gasteiger partial charge on any atom is 0.255 e. The van der Waals surface area contributed by atoms with Gasteiger partial charge in [0.25, 0.3) is 5.91 Å². The molecule has 0 fully saturated rings. The van der Waals surface area contributed by atoms with Gasteiger partial charge in [0, 0.05) is 23.0 Å². The lowest BCUT2D eigenvalue weighted by atomic mass is 10.2. The maximum absolute atomic E-state index is 13.1. The summed E-state index contributed by atoms with van der Waals surface area (Å²) >= 11 is 0. The summed E-state index contributed by atoms with van der Waals surface area (Å²) < 4.78 is 26.7. The summed E-state index contributed by atoms with van der Waals surface area (Å²) in [6.07, 6.45) is 1.72. The van der Waals surface area contributed by atoms with E-state index < -0.39 is 0 Å². The maximum atomic E-state index is 13.1. The molecular formula is C29H24FN5O3. The molecule has 190 valence electrons. The van der Waals surface area contributed by atoms with Crippen molar-refractivity contribution in [3.8, 4) is 28.9 Å². The summed E-state index contributed by atoms with van der Waals surface area (Å²) in [5.74, 6) is 2.48. The van der Waals surface area contributed by atoms with Crippen molar-refractivity contribution < 1.29 is 18.7 Å². The fraction of sp³-hybridized carbons (Fsp3) is 0.103. The van der Waals surface area contributed by atoms with Gasteiger partial charge in [0.05, 0.1) is 5.69 Å². The first-order chi connectivity index (χ1) is 18.3. The summed E-state index contributed by atoms with van der Waals surface area (Å²) in [5, 5.41) is 2.86. The van der Waals surface area contributed by atoms with Crippen LogP contribution >= 0.6 is 0 Å². The smallest absolute Gasteiger partial charge is 0.255 e. The number of anilines is 1. The first kappa shape index (κ1) is 24.6. The number of hydrogen-bond acceptors (Lipinski definition) is 6. The van der Waals surface area contributed by atoms with Gasteiger partial charge in [0.15, 0.2) is 0 Å². The Balaban J connectivity index is 1.25. The van der Waals surface area contributed by atoms with Gasteiger partial charge in [-0.05, 0) is 87.5 Å². The normalized spacial score (nSPS) is 10.7. The number of aromatic nitrogens is 4. The molecule has 38 heavy (non-hydrogen) atoms. The van der Waals surface area contributed by atoms with E-state index >= 15 is 0 Å². The summed E-state index contributed by atoms with van der Waals surface area (Å²) in [7, 11) is 0. The summed E-state index contributed by atoms with van der Waals surface area (Å²) in [5.41, 5.74) is 2.92. The van der Waals surface area contributed by atoms with E-state index in [4.69, 9.17) is 9.47 Å². The van der Waals surface area contributed by atoms with E-state index in [1.165, 1.54) is 24.3 Å². The topological polar surface area (TPSA) is 91.2 Å². The second-order valence-corrected chi connectivity index (χ2v) is 8.56. The lowest BCUT2D eigenvalue weighted by molar-refractivity contribution is 0.102. The van der Waals surface area contributed by atoms with Gasteiger partial charge in [-0.1, -0.05) is 6.07 Å². The summed E-state index contributed by atoms with van der Waals surface area (Å²) in [4.78, 5) is 26.0. The molecule has 1 amide bonds. The van der Waals surface area contributed by atoms with E-state index in [1.807, 2.05) is 18.4 Å². The minimum absolute atomic E-state index is 0.301. The molecule has 0 spiro atoms. The predicted molar refractivity (Wildman–Crippen MR) is 141 cm³/mol. The number of benzene rings is 3. The lowest BCUT2D eigenvalue weighted by Gasteiger charge is -2.11. The molecule has 5 rings (SSSR count). The van der Waals surface area contributed by atoms with E-state index in [1.54, 1.807) is 67.8 Å². The van der Waals surface area contributed by atoms with Crippen molar-refractivity contribution in [2.45, 2.75) is 20.8 Å². The van der Waals surface area contributed by atoms with Gasteiger partial charge in [-0.15, -0.1) is 0 Å². The molecule has 9 heteroatoms. The molecule has 5 aromatic rings. The molecule has 8 nitrogen and oxygen atoms in total. The van der Waals surface area contributed by atoms with Crippen LogP contribution < -0.4 is 14.8 Å². The van der Waals surface area contributed by atoms with Crippen LogP contribution in [0.1, 0.15) is 27.6 Å². The molecular weight excluding hydrogens is 485 g/mol. The van der Waals surface area contributed by atoms with Gasteiger partial charge in [0.1, 0.15) is 41.0 Å². The molecule has 0 aliphatic heterocycles. The van der Waals surface area contributed by atoms with Crippen molar-refractivity contribution in [1.82, 2.24) is 19.5 Å². The Morgan fingerprint density at radius 1 is 0.842 bits per heavy atom. The van der Waals surface area contributed by atoms with Gasteiger partial charge in [-0.3, -0.25) is 9.36 Å². The van der Waals surface area contributed by atoms with Gasteiger partial charge in [-0.25, -0.2) is 14.4 Å². The number of hydrogen-bond donors (Lipinski definition) is 1. The number of carbonyl (C=O) groups excluding carboxylic acids is 1. The van der Waals surface area contributed by atoms with Gasteiger partial charge < -0.3 is 14.8 Å². The predicted octanol–water partition coefficient (Wildman–Crippen LogP) is 6.56. The van der Waals surface area contributed by atoms with Crippen LogP contribution in [0.25, 0.3) is 5.82 Å². The van der Waals surface area contributed by atoms with E-state index in [0.717, 1.165) is 11.4 Å².